The Morgan fingerprint density at radius 2 is 1.63 bits per heavy atom. The van der Waals surface area contributed by atoms with Crippen molar-refractivity contribution in [3.05, 3.63) is 108 Å². The van der Waals surface area contributed by atoms with E-state index in [9.17, 15) is 13.2 Å². The van der Waals surface area contributed by atoms with Crippen LogP contribution in [0.2, 0.25) is 0 Å². The van der Waals surface area contributed by atoms with Crippen LogP contribution >= 0.6 is 0 Å². The van der Waals surface area contributed by atoms with Crippen molar-refractivity contribution in [2.45, 2.75) is 25.2 Å². The molecule has 9 heteroatoms. The van der Waals surface area contributed by atoms with E-state index in [1.165, 1.54) is 36.0 Å². The highest BCUT2D eigenvalue weighted by molar-refractivity contribution is 7.92. The summed E-state index contributed by atoms with van der Waals surface area (Å²) in [5.74, 6) is -0.330. The number of fused-ring (bicyclic) bond motifs is 1. The zero-order valence-corrected chi connectivity index (χ0v) is 21.7. The van der Waals surface area contributed by atoms with Crippen molar-refractivity contribution in [1.29, 1.82) is 0 Å². The van der Waals surface area contributed by atoms with Gasteiger partial charge in [0.1, 0.15) is 0 Å². The molecule has 0 atom stereocenters. The van der Waals surface area contributed by atoms with E-state index < -0.39 is 10.0 Å². The average molecular weight is 524 g/mol. The first-order valence-electron chi connectivity index (χ1n) is 12.1. The minimum atomic E-state index is -3.89. The SMILES string of the molecule is CCc1ccc(-c2cc(C(=O)Nc3ccc(S(=O)(=O)Nc4nccc(C)n4)cc3)c3ccccc3n2)cc1. The Balaban J connectivity index is 1.40. The first-order valence-corrected chi connectivity index (χ1v) is 13.5. The number of para-hydroxylation sites is 1. The number of amides is 1. The summed E-state index contributed by atoms with van der Waals surface area (Å²) >= 11 is 0. The molecule has 38 heavy (non-hydrogen) atoms. The molecule has 0 unspecified atom stereocenters. The maximum absolute atomic E-state index is 13.4. The second-order valence-corrected chi connectivity index (χ2v) is 10.4. The van der Waals surface area contributed by atoms with Crippen LogP contribution in [0, 0.1) is 6.92 Å². The van der Waals surface area contributed by atoms with Gasteiger partial charge in [0, 0.05) is 28.5 Å². The van der Waals surface area contributed by atoms with Crippen LogP contribution in [0.5, 0.6) is 0 Å². The van der Waals surface area contributed by atoms with Crippen LogP contribution in [0.15, 0.2) is 96.0 Å². The fourth-order valence-electron chi connectivity index (χ4n) is 4.02. The van der Waals surface area contributed by atoms with Crippen LogP contribution < -0.4 is 10.0 Å². The fraction of sp³-hybridized carbons (Fsp3) is 0.103. The Labute approximate surface area is 220 Å². The predicted octanol–water partition coefficient (Wildman–Crippen LogP) is 5.62. The molecule has 3 aromatic carbocycles. The average Bonchev–Trinajstić information content (AvgIpc) is 2.92. The third-order valence-corrected chi connectivity index (χ3v) is 7.41. The Morgan fingerprint density at radius 3 is 2.34 bits per heavy atom. The normalized spacial score (nSPS) is 11.3. The maximum atomic E-state index is 13.4. The van der Waals surface area contributed by atoms with E-state index in [1.807, 2.05) is 36.4 Å². The third kappa shape index (κ3) is 5.37. The number of hydrogen-bond acceptors (Lipinski definition) is 6. The monoisotopic (exact) mass is 523 g/mol. The minimum Gasteiger partial charge on any atom is -0.322 e. The molecule has 0 saturated carbocycles. The largest absolute Gasteiger partial charge is 0.322 e. The highest BCUT2D eigenvalue weighted by atomic mass is 32.2. The van der Waals surface area contributed by atoms with E-state index in [1.54, 1.807) is 19.1 Å². The molecule has 8 nitrogen and oxygen atoms in total. The lowest BCUT2D eigenvalue weighted by Crippen LogP contribution is -2.16. The summed E-state index contributed by atoms with van der Waals surface area (Å²) in [6, 6.07) is 25.0. The molecular formula is C29H25N5O3S. The number of anilines is 2. The highest BCUT2D eigenvalue weighted by Gasteiger charge is 2.17. The van der Waals surface area contributed by atoms with Gasteiger partial charge < -0.3 is 5.32 Å². The number of pyridine rings is 1. The lowest BCUT2D eigenvalue weighted by Gasteiger charge is -2.12. The van der Waals surface area contributed by atoms with Gasteiger partial charge in [0.2, 0.25) is 5.95 Å². The number of aryl methyl sites for hydroxylation is 2. The molecule has 2 N–H and O–H groups in total. The Morgan fingerprint density at radius 1 is 0.895 bits per heavy atom. The molecule has 1 amide bonds. The summed E-state index contributed by atoms with van der Waals surface area (Å²) in [7, 11) is -3.89. The number of sulfonamides is 1. The number of nitrogens with one attached hydrogen (secondary N) is 2. The number of carbonyl (C=O) groups is 1. The van der Waals surface area contributed by atoms with E-state index in [4.69, 9.17) is 4.98 Å². The van der Waals surface area contributed by atoms with Crippen LogP contribution in [0.4, 0.5) is 11.6 Å². The summed E-state index contributed by atoms with van der Waals surface area (Å²) in [4.78, 5) is 26.2. The minimum absolute atomic E-state index is 0.00733. The van der Waals surface area contributed by atoms with Gasteiger partial charge in [0.15, 0.2) is 0 Å². The summed E-state index contributed by atoms with van der Waals surface area (Å²) in [6.45, 7) is 3.84. The van der Waals surface area contributed by atoms with E-state index in [2.05, 4.69) is 39.1 Å². The second kappa shape index (κ2) is 10.4. The smallest absolute Gasteiger partial charge is 0.264 e. The molecule has 190 valence electrons. The van der Waals surface area contributed by atoms with Crippen molar-refractivity contribution in [3.8, 4) is 11.3 Å². The second-order valence-electron chi connectivity index (χ2n) is 8.73. The van der Waals surface area contributed by atoms with Crippen LogP contribution in [0.1, 0.15) is 28.5 Å². The third-order valence-electron chi connectivity index (χ3n) is 6.06. The first-order chi connectivity index (χ1) is 18.3. The van der Waals surface area contributed by atoms with Crippen molar-refractivity contribution in [2.24, 2.45) is 0 Å². The molecule has 0 radical (unpaired) electrons. The Hall–Kier alpha value is -4.63. The zero-order chi connectivity index (χ0) is 26.7. The van der Waals surface area contributed by atoms with E-state index in [0.29, 0.717) is 28.2 Å². The molecular weight excluding hydrogens is 498 g/mol. The van der Waals surface area contributed by atoms with Crippen molar-refractivity contribution >= 4 is 38.5 Å². The van der Waals surface area contributed by atoms with Gasteiger partial charge in [-0.3, -0.25) is 4.79 Å². The lowest BCUT2D eigenvalue weighted by atomic mass is 10.0. The van der Waals surface area contributed by atoms with Gasteiger partial charge >= 0.3 is 0 Å². The van der Waals surface area contributed by atoms with Crippen molar-refractivity contribution in [3.63, 3.8) is 0 Å². The number of nitrogens with zero attached hydrogens (tertiary/aromatic N) is 3. The van der Waals surface area contributed by atoms with E-state index in [-0.39, 0.29) is 16.8 Å². The molecule has 0 aliphatic carbocycles. The van der Waals surface area contributed by atoms with Crippen LogP contribution in [0.25, 0.3) is 22.2 Å². The van der Waals surface area contributed by atoms with Gasteiger partial charge in [0.25, 0.3) is 15.9 Å². The summed E-state index contributed by atoms with van der Waals surface area (Å²) in [6.07, 6.45) is 2.42. The molecule has 0 fully saturated rings. The molecule has 5 rings (SSSR count). The van der Waals surface area contributed by atoms with Crippen molar-refractivity contribution < 1.29 is 13.2 Å². The van der Waals surface area contributed by atoms with Gasteiger partial charge in [-0.25, -0.2) is 28.1 Å². The highest BCUT2D eigenvalue weighted by Crippen LogP contribution is 2.26. The number of hydrogen-bond donors (Lipinski definition) is 2. The Bertz CT molecular complexity index is 1740. The molecule has 0 spiro atoms. The van der Waals surface area contributed by atoms with Gasteiger partial charge in [0.05, 0.1) is 21.7 Å². The molecule has 0 saturated heterocycles. The van der Waals surface area contributed by atoms with Crippen molar-refractivity contribution in [1.82, 2.24) is 15.0 Å². The molecule has 0 bridgehead atoms. The van der Waals surface area contributed by atoms with E-state index in [0.717, 1.165) is 17.4 Å². The maximum Gasteiger partial charge on any atom is 0.264 e. The number of aromatic nitrogens is 3. The lowest BCUT2D eigenvalue weighted by molar-refractivity contribution is 0.102. The first kappa shape index (κ1) is 25.0. The standard InChI is InChI=1S/C29H25N5O3S/c1-3-20-8-10-21(11-9-20)27-18-25(24-6-4-5-7-26(24)33-27)28(35)32-22-12-14-23(15-13-22)38(36,37)34-29-30-17-16-19(2)31-29/h4-18H,3H2,1-2H3,(H,32,35)(H,30,31,34). The molecule has 0 aliphatic rings. The number of benzene rings is 3. The summed E-state index contributed by atoms with van der Waals surface area (Å²) in [5.41, 5.74) is 5.11. The zero-order valence-electron chi connectivity index (χ0n) is 20.8. The topological polar surface area (TPSA) is 114 Å². The molecule has 0 aliphatic heterocycles. The van der Waals surface area contributed by atoms with Crippen LogP contribution in [-0.2, 0) is 16.4 Å². The predicted molar refractivity (Wildman–Crippen MR) is 149 cm³/mol. The van der Waals surface area contributed by atoms with Crippen LogP contribution in [0.3, 0.4) is 0 Å². The molecule has 2 aromatic heterocycles. The quantitative estimate of drug-likeness (QED) is 0.286. The van der Waals surface area contributed by atoms with Gasteiger partial charge in [-0.2, -0.15) is 0 Å². The van der Waals surface area contributed by atoms with Crippen molar-refractivity contribution in [2.75, 3.05) is 10.0 Å². The Kier molecular flexibility index (Phi) is 6.85. The molecule has 2 heterocycles. The summed E-state index contributed by atoms with van der Waals surface area (Å²) < 4.78 is 27.8. The number of carbonyl (C=O) groups excluding carboxylic acids is 1. The van der Waals surface area contributed by atoms with Crippen LogP contribution in [-0.4, -0.2) is 29.3 Å². The fourth-order valence-corrected chi connectivity index (χ4v) is 4.97. The van der Waals surface area contributed by atoms with Gasteiger partial charge in [-0.15, -0.1) is 0 Å². The van der Waals surface area contributed by atoms with E-state index >= 15 is 0 Å². The molecule has 5 aromatic rings. The van der Waals surface area contributed by atoms with Gasteiger partial charge in [-0.05, 0) is 61.4 Å². The number of rotatable bonds is 7. The summed E-state index contributed by atoms with van der Waals surface area (Å²) in [5, 5.41) is 3.60. The van der Waals surface area contributed by atoms with Gasteiger partial charge in [-0.1, -0.05) is 49.4 Å².